The first-order chi connectivity index (χ1) is 8.35. The second-order valence-corrected chi connectivity index (χ2v) is 4.70. The lowest BCUT2D eigenvalue weighted by atomic mass is 10.2. The van der Waals surface area contributed by atoms with Crippen LogP contribution in [-0.2, 0) is 6.42 Å². The van der Waals surface area contributed by atoms with Crippen LogP contribution in [0.15, 0.2) is 27.5 Å². The fourth-order valence-corrected chi connectivity index (χ4v) is 1.90. The quantitative estimate of drug-likeness (QED) is 0.923. The normalized spacial score (nSPS) is 12.0. The molecule has 0 unspecified atom stereocenters. The molecule has 0 amide bonds. The third-order valence-corrected chi connectivity index (χ3v) is 2.85. The molecule has 7 heteroatoms. The minimum Gasteiger partial charge on any atom is -0.310 e. The van der Waals surface area contributed by atoms with Crippen molar-refractivity contribution in [1.29, 1.82) is 0 Å². The summed E-state index contributed by atoms with van der Waals surface area (Å²) in [6, 6.07) is 4.85. The maximum atomic E-state index is 12.1. The number of rotatable bonds is 2. The Balaban J connectivity index is 2.38. The summed E-state index contributed by atoms with van der Waals surface area (Å²) in [6.07, 6.45) is -5.59. The molecular formula is C11H8BrF3N2O. The average molecular weight is 321 g/mol. The second kappa shape index (κ2) is 4.72. The van der Waals surface area contributed by atoms with Gasteiger partial charge in [0.05, 0.1) is 17.3 Å². The molecular weight excluding hydrogens is 313 g/mol. The van der Waals surface area contributed by atoms with E-state index >= 15 is 0 Å². The van der Waals surface area contributed by atoms with Crippen LogP contribution in [0, 0.1) is 0 Å². The molecule has 0 bridgehead atoms. The summed E-state index contributed by atoms with van der Waals surface area (Å²) in [5, 5.41) is 0.347. The highest BCUT2D eigenvalue weighted by atomic mass is 79.9. The van der Waals surface area contributed by atoms with Gasteiger partial charge in [-0.05, 0) is 18.2 Å². The van der Waals surface area contributed by atoms with Crippen LogP contribution in [0.25, 0.3) is 10.9 Å². The molecule has 0 saturated carbocycles. The number of alkyl halides is 3. The van der Waals surface area contributed by atoms with Gasteiger partial charge in [-0.1, -0.05) is 15.9 Å². The van der Waals surface area contributed by atoms with Crippen LogP contribution >= 0.6 is 15.9 Å². The number of H-pyrrole nitrogens is 1. The summed E-state index contributed by atoms with van der Waals surface area (Å²) >= 11 is 3.21. The molecule has 3 nitrogen and oxygen atoms in total. The van der Waals surface area contributed by atoms with Crippen molar-refractivity contribution >= 4 is 26.8 Å². The van der Waals surface area contributed by atoms with E-state index in [1.807, 2.05) is 0 Å². The lowest BCUT2D eigenvalue weighted by molar-refractivity contribution is -0.134. The third kappa shape index (κ3) is 3.10. The van der Waals surface area contributed by atoms with Gasteiger partial charge in [-0.25, -0.2) is 4.98 Å². The van der Waals surface area contributed by atoms with E-state index in [0.29, 0.717) is 15.4 Å². The van der Waals surface area contributed by atoms with Crippen molar-refractivity contribution in [3.05, 3.63) is 38.9 Å². The summed E-state index contributed by atoms with van der Waals surface area (Å²) in [4.78, 5) is 18.0. The predicted octanol–water partition coefficient (Wildman–Crippen LogP) is 3.18. The number of benzene rings is 1. The largest absolute Gasteiger partial charge is 0.389 e. The number of hydrogen-bond donors (Lipinski definition) is 1. The Labute approximate surface area is 108 Å². The monoisotopic (exact) mass is 320 g/mol. The molecule has 2 rings (SSSR count). The first-order valence-electron chi connectivity index (χ1n) is 5.10. The second-order valence-electron chi connectivity index (χ2n) is 3.79. The SMILES string of the molecule is O=c1[nH]c(CCC(F)(F)F)nc2ccc(Br)cc12. The summed E-state index contributed by atoms with van der Waals surface area (Å²) in [5.74, 6) is 0.0483. The molecule has 0 atom stereocenters. The van der Waals surface area contributed by atoms with Crippen molar-refractivity contribution in [2.24, 2.45) is 0 Å². The number of aromatic nitrogens is 2. The van der Waals surface area contributed by atoms with Crippen molar-refractivity contribution in [2.45, 2.75) is 19.0 Å². The first-order valence-corrected chi connectivity index (χ1v) is 5.90. The van der Waals surface area contributed by atoms with Crippen LogP contribution in [0.1, 0.15) is 12.2 Å². The van der Waals surface area contributed by atoms with Crippen LogP contribution in [0.2, 0.25) is 0 Å². The predicted molar refractivity (Wildman–Crippen MR) is 64.4 cm³/mol. The first kappa shape index (κ1) is 13.1. The number of aromatic amines is 1. The van der Waals surface area contributed by atoms with Gasteiger partial charge in [-0.15, -0.1) is 0 Å². The zero-order valence-corrected chi connectivity index (χ0v) is 10.6. The van der Waals surface area contributed by atoms with E-state index in [9.17, 15) is 18.0 Å². The smallest absolute Gasteiger partial charge is 0.310 e. The standard InChI is InChI=1S/C11H8BrF3N2O/c12-6-1-2-8-7(5-6)10(18)17-9(16-8)3-4-11(13,14)15/h1-2,5H,3-4H2,(H,16,17,18). The lowest BCUT2D eigenvalue weighted by Gasteiger charge is -2.06. The Morgan fingerprint density at radius 2 is 2.06 bits per heavy atom. The lowest BCUT2D eigenvalue weighted by Crippen LogP contribution is -2.15. The highest BCUT2D eigenvalue weighted by Crippen LogP contribution is 2.21. The van der Waals surface area contributed by atoms with Crippen LogP contribution < -0.4 is 5.56 Å². The molecule has 1 N–H and O–H groups in total. The van der Waals surface area contributed by atoms with Gasteiger partial charge >= 0.3 is 6.18 Å². The van der Waals surface area contributed by atoms with Crippen molar-refractivity contribution < 1.29 is 13.2 Å². The van der Waals surface area contributed by atoms with Gasteiger partial charge in [0.2, 0.25) is 0 Å². The van der Waals surface area contributed by atoms with Crippen LogP contribution in [0.5, 0.6) is 0 Å². The van der Waals surface area contributed by atoms with E-state index in [1.54, 1.807) is 18.2 Å². The van der Waals surface area contributed by atoms with E-state index in [2.05, 4.69) is 25.9 Å². The molecule has 96 valence electrons. The topological polar surface area (TPSA) is 45.8 Å². The molecule has 0 radical (unpaired) electrons. The fourth-order valence-electron chi connectivity index (χ4n) is 1.54. The van der Waals surface area contributed by atoms with Gasteiger partial charge in [-0.2, -0.15) is 13.2 Å². The minimum atomic E-state index is -4.26. The van der Waals surface area contributed by atoms with Crippen molar-refractivity contribution in [3.63, 3.8) is 0 Å². The molecule has 0 spiro atoms. The molecule has 0 fully saturated rings. The fraction of sp³-hybridized carbons (Fsp3) is 0.273. The number of aryl methyl sites for hydroxylation is 1. The number of nitrogens with zero attached hydrogens (tertiary/aromatic N) is 1. The maximum absolute atomic E-state index is 12.1. The highest BCUT2D eigenvalue weighted by molar-refractivity contribution is 9.10. The summed E-state index contributed by atoms with van der Waals surface area (Å²) < 4.78 is 37.0. The Kier molecular flexibility index (Phi) is 3.43. The van der Waals surface area contributed by atoms with Gasteiger partial charge in [0, 0.05) is 10.9 Å². The summed E-state index contributed by atoms with van der Waals surface area (Å²) in [5.41, 5.74) is -0.0439. The number of nitrogens with one attached hydrogen (secondary N) is 1. The molecule has 18 heavy (non-hydrogen) atoms. The average Bonchev–Trinajstić information content (AvgIpc) is 2.26. The minimum absolute atomic E-state index is 0.0483. The Morgan fingerprint density at radius 1 is 1.33 bits per heavy atom. The van der Waals surface area contributed by atoms with Gasteiger partial charge in [0.25, 0.3) is 5.56 Å². The van der Waals surface area contributed by atoms with E-state index in [4.69, 9.17) is 0 Å². The molecule has 2 aromatic rings. The summed E-state index contributed by atoms with van der Waals surface area (Å²) in [6.45, 7) is 0. The molecule has 0 aliphatic heterocycles. The Bertz CT molecular complexity index is 636. The van der Waals surface area contributed by atoms with E-state index in [1.165, 1.54) is 0 Å². The highest BCUT2D eigenvalue weighted by Gasteiger charge is 2.27. The van der Waals surface area contributed by atoms with Gasteiger partial charge < -0.3 is 4.98 Å². The zero-order chi connectivity index (χ0) is 13.3. The molecule has 0 aliphatic carbocycles. The van der Waals surface area contributed by atoms with Gasteiger partial charge in [-0.3, -0.25) is 4.79 Å². The molecule has 0 saturated heterocycles. The number of fused-ring (bicyclic) bond motifs is 1. The maximum Gasteiger partial charge on any atom is 0.389 e. The molecule has 1 heterocycles. The molecule has 0 aliphatic rings. The van der Waals surface area contributed by atoms with E-state index in [-0.39, 0.29) is 12.2 Å². The Hall–Kier alpha value is -1.37. The Morgan fingerprint density at radius 3 is 2.72 bits per heavy atom. The molecule has 1 aromatic heterocycles. The van der Waals surface area contributed by atoms with E-state index in [0.717, 1.165) is 0 Å². The third-order valence-electron chi connectivity index (χ3n) is 2.36. The van der Waals surface area contributed by atoms with Crippen LogP contribution in [0.4, 0.5) is 13.2 Å². The summed E-state index contributed by atoms with van der Waals surface area (Å²) in [7, 11) is 0. The van der Waals surface area contributed by atoms with Crippen molar-refractivity contribution in [3.8, 4) is 0 Å². The van der Waals surface area contributed by atoms with Gasteiger partial charge in [0.15, 0.2) is 0 Å². The van der Waals surface area contributed by atoms with Crippen LogP contribution in [0.3, 0.4) is 0 Å². The molecule has 1 aromatic carbocycles. The van der Waals surface area contributed by atoms with Crippen LogP contribution in [-0.4, -0.2) is 16.1 Å². The number of hydrogen-bond acceptors (Lipinski definition) is 2. The van der Waals surface area contributed by atoms with E-state index < -0.39 is 18.2 Å². The van der Waals surface area contributed by atoms with Gasteiger partial charge in [0.1, 0.15) is 5.82 Å². The van der Waals surface area contributed by atoms with Crippen molar-refractivity contribution in [2.75, 3.05) is 0 Å². The zero-order valence-electron chi connectivity index (χ0n) is 9.01. The van der Waals surface area contributed by atoms with Crippen molar-refractivity contribution in [1.82, 2.24) is 9.97 Å². The number of halogens is 4.